The Morgan fingerprint density at radius 3 is 2.62 bits per heavy atom. The van der Waals surface area contributed by atoms with E-state index in [9.17, 15) is 0 Å². The molecule has 1 heterocycles. The molecule has 2 rings (SSSR count). The summed E-state index contributed by atoms with van der Waals surface area (Å²) in [6, 6.07) is 9.05. The summed E-state index contributed by atoms with van der Waals surface area (Å²) < 4.78 is 0. The monoisotopic (exact) mass is 217 g/mol. The van der Waals surface area contributed by atoms with Crippen LogP contribution >= 0.6 is 0 Å². The van der Waals surface area contributed by atoms with Crippen LogP contribution in [0.1, 0.15) is 37.8 Å². The van der Waals surface area contributed by atoms with Crippen molar-refractivity contribution in [1.82, 2.24) is 5.32 Å². The molecule has 1 atom stereocenters. The second-order valence-electron chi connectivity index (χ2n) is 5.47. The van der Waals surface area contributed by atoms with Gasteiger partial charge in [-0.3, -0.25) is 0 Å². The molecule has 1 aliphatic rings. The summed E-state index contributed by atoms with van der Waals surface area (Å²) in [5, 5.41) is 3.45. The summed E-state index contributed by atoms with van der Waals surface area (Å²) in [5.41, 5.74) is 3.33. The van der Waals surface area contributed by atoms with E-state index in [4.69, 9.17) is 0 Å². The smallest absolute Gasteiger partial charge is 0.0205 e. The van der Waals surface area contributed by atoms with Crippen LogP contribution in [-0.4, -0.2) is 13.1 Å². The van der Waals surface area contributed by atoms with Crippen LogP contribution in [0.25, 0.3) is 0 Å². The van der Waals surface area contributed by atoms with Gasteiger partial charge in [-0.25, -0.2) is 0 Å². The first-order chi connectivity index (χ1) is 7.66. The lowest BCUT2D eigenvalue weighted by Gasteiger charge is -2.45. The second kappa shape index (κ2) is 4.58. The van der Waals surface area contributed by atoms with Crippen LogP contribution in [0, 0.1) is 12.8 Å². The van der Waals surface area contributed by atoms with Gasteiger partial charge in [0.2, 0.25) is 0 Å². The number of benzene rings is 1. The van der Waals surface area contributed by atoms with Gasteiger partial charge in [-0.15, -0.1) is 0 Å². The van der Waals surface area contributed by atoms with Gasteiger partial charge >= 0.3 is 0 Å². The molecule has 1 nitrogen and oxygen atoms in total. The van der Waals surface area contributed by atoms with Gasteiger partial charge in [0.1, 0.15) is 0 Å². The third-order valence-electron chi connectivity index (χ3n) is 3.99. The van der Waals surface area contributed by atoms with Crippen molar-refractivity contribution < 1.29 is 0 Å². The summed E-state index contributed by atoms with van der Waals surface area (Å²) in [6.45, 7) is 9.16. The molecule has 16 heavy (non-hydrogen) atoms. The van der Waals surface area contributed by atoms with Crippen LogP contribution in [0.5, 0.6) is 0 Å². The number of nitrogens with one attached hydrogen (secondary N) is 1. The van der Waals surface area contributed by atoms with Gasteiger partial charge in [0, 0.05) is 18.5 Å². The predicted octanol–water partition coefficient (Wildman–Crippen LogP) is 3.27. The molecule has 1 saturated heterocycles. The van der Waals surface area contributed by atoms with Gasteiger partial charge in [-0.05, 0) is 24.8 Å². The van der Waals surface area contributed by atoms with Gasteiger partial charge in [0.25, 0.3) is 0 Å². The Bertz CT molecular complexity index is 352. The van der Waals surface area contributed by atoms with E-state index >= 15 is 0 Å². The number of rotatable bonds is 4. The Labute approximate surface area is 99.3 Å². The highest BCUT2D eigenvalue weighted by atomic mass is 15.0. The molecule has 88 valence electrons. The Kier molecular flexibility index (Phi) is 3.34. The van der Waals surface area contributed by atoms with Gasteiger partial charge < -0.3 is 5.32 Å². The zero-order valence-electron chi connectivity index (χ0n) is 10.7. The van der Waals surface area contributed by atoms with E-state index in [0.29, 0.717) is 5.41 Å². The SMILES string of the molecule is CCC(C)CC1(c2cccc(C)c2)CNC1. The van der Waals surface area contributed by atoms with Crippen LogP contribution in [0.2, 0.25) is 0 Å². The van der Waals surface area contributed by atoms with Crippen LogP contribution in [0.4, 0.5) is 0 Å². The Balaban J connectivity index is 2.21. The van der Waals surface area contributed by atoms with E-state index in [1.165, 1.54) is 24.0 Å². The molecule has 1 aromatic carbocycles. The van der Waals surface area contributed by atoms with Crippen LogP contribution in [-0.2, 0) is 5.41 Å². The minimum atomic E-state index is 0.418. The lowest BCUT2D eigenvalue weighted by atomic mass is 9.69. The highest BCUT2D eigenvalue weighted by Crippen LogP contribution is 2.36. The fourth-order valence-electron chi connectivity index (χ4n) is 2.68. The zero-order valence-corrected chi connectivity index (χ0v) is 10.7. The zero-order chi connectivity index (χ0) is 11.6. The molecule has 0 bridgehead atoms. The van der Waals surface area contributed by atoms with Crippen molar-refractivity contribution >= 4 is 0 Å². The molecule has 0 saturated carbocycles. The topological polar surface area (TPSA) is 12.0 Å². The van der Waals surface area contributed by atoms with E-state index in [-0.39, 0.29) is 0 Å². The van der Waals surface area contributed by atoms with Crippen LogP contribution in [0.3, 0.4) is 0 Å². The molecule has 1 heteroatoms. The molecule has 1 aromatic rings. The third kappa shape index (κ3) is 2.15. The summed E-state index contributed by atoms with van der Waals surface area (Å²) in [5.74, 6) is 0.822. The van der Waals surface area contributed by atoms with Crippen LogP contribution in [0.15, 0.2) is 24.3 Å². The largest absolute Gasteiger partial charge is 0.315 e. The molecule has 0 amide bonds. The maximum absolute atomic E-state index is 3.45. The molecule has 1 unspecified atom stereocenters. The first kappa shape index (κ1) is 11.7. The summed E-state index contributed by atoms with van der Waals surface area (Å²) >= 11 is 0. The fourth-order valence-corrected chi connectivity index (χ4v) is 2.68. The maximum Gasteiger partial charge on any atom is 0.0205 e. The van der Waals surface area contributed by atoms with E-state index in [1.807, 2.05) is 0 Å². The van der Waals surface area contributed by atoms with Gasteiger partial charge in [0.15, 0.2) is 0 Å². The lowest BCUT2D eigenvalue weighted by Crippen LogP contribution is -2.57. The first-order valence-corrected chi connectivity index (χ1v) is 6.44. The van der Waals surface area contributed by atoms with Crippen molar-refractivity contribution in [3.05, 3.63) is 35.4 Å². The van der Waals surface area contributed by atoms with Crippen molar-refractivity contribution in [1.29, 1.82) is 0 Å². The third-order valence-corrected chi connectivity index (χ3v) is 3.99. The highest BCUT2D eigenvalue weighted by Gasteiger charge is 2.39. The van der Waals surface area contributed by atoms with Crippen LogP contribution < -0.4 is 5.32 Å². The van der Waals surface area contributed by atoms with Crippen molar-refractivity contribution in [3.8, 4) is 0 Å². The summed E-state index contributed by atoms with van der Waals surface area (Å²) in [7, 11) is 0. The maximum atomic E-state index is 3.45. The Morgan fingerprint density at radius 2 is 2.12 bits per heavy atom. The summed E-state index contributed by atoms with van der Waals surface area (Å²) in [6.07, 6.45) is 2.60. The molecule has 0 aliphatic carbocycles. The normalized spacial score (nSPS) is 20.2. The molecule has 0 radical (unpaired) electrons. The molecule has 1 aliphatic heterocycles. The first-order valence-electron chi connectivity index (χ1n) is 6.44. The lowest BCUT2D eigenvalue weighted by molar-refractivity contribution is 0.221. The quantitative estimate of drug-likeness (QED) is 0.816. The Hall–Kier alpha value is -0.820. The van der Waals surface area contributed by atoms with Gasteiger partial charge in [-0.2, -0.15) is 0 Å². The van der Waals surface area contributed by atoms with E-state index in [1.54, 1.807) is 0 Å². The van der Waals surface area contributed by atoms with Crippen molar-refractivity contribution in [2.75, 3.05) is 13.1 Å². The fraction of sp³-hybridized carbons (Fsp3) is 0.600. The second-order valence-corrected chi connectivity index (χ2v) is 5.47. The molecular formula is C15H23N. The number of hydrogen-bond acceptors (Lipinski definition) is 1. The van der Waals surface area contributed by atoms with Crippen molar-refractivity contribution in [2.24, 2.45) is 5.92 Å². The average molecular weight is 217 g/mol. The van der Waals surface area contributed by atoms with Gasteiger partial charge in [-0.1, -0.05) is 50.1 Å². The standard InChI is InChI=1S/C15H23N/c1-4-12(2)9-15(10-16-11-15)14-7-5-6-13(3)8-14/h5-8,12,16H,4,9-11H2,1-3H3. The van der Waals surface area contributed by atoms with E-state index < -0.39 is 0 Å². The molecule has 1 N–H and O–H groups in total. The van der Waals surface area contributed by atoms with E-state index in [0.717, 1.165) is 19.0 Å². The molecule has 0 spiro atoms. The molecule has 1 fully saturated rings. The predicted molar refractivity (Wildman–Crippen MR) is 69.8 cm³/mol. The van der Waals surface area contributed by atoms with Gasteiger partial charge in [0.05, 0.1) is 0 Å². The molecular weight excluding hydrogens is 194 g/mol. The average Bonchev–Trinajstić information content (AvgIpc) is 2.23. The van der Waals surface area contributed by atoms with Crippen molar-refractivity contribution in [3.63, 3.8) is 0 Å². The highest BCUT2D eigenvalue weighted by molar-refractivity contribution is 5.33. The summed E-state index contributed by atoms with van der Waals surface area (Å²) in [4.78, 5) is 0. The van der Waals surface area contributed by atoms with Crippen molar-refractivity contribution in [2.45, 2.75) is 39.0 Å². The number of aryl methyl sites for hydroxylation is 1. The van der Waals surface area contributed by atoms with E-state index in [2.05, 4.69) is 50.4 Å². The Morgan fingerprint density at radius 1 is 1.38 bits per heavy atom. The number of hydrogen-bond donors (Lipinski definition) is 1. The minimum absolute atomic E-state index is 0.418. The minimum Gasteiger partial charge on any atom is -0.315 e. The molecule has 0 aromatic heterocycles.